The third kappa shape index (κ3) is 3.92. The molecule has 4 aromatic carbocycles. The second kappa shape index (κ2) is 9.27. The van der Waals surface area contributed by atoms with Gasteiger partial charge in [0, 0.05) is 51.8 Å². The van der Waals surface area contributed by atoms with Crippen LogP contribution in [0.15, 0.2) is 108 Å². The highest BCUT2D eigenvalue weighted by Gasteiger charge is 2.34. The molecular formula is C31H27BrN2O. The number of para-hydroxylation sites is 1. The predicted octanol–water partition coefficient (Wildman–Crippen LogP) is 7.61. The normalized spacial score (nSPS) is 15.3. The monoisotopic (exact) mass is 522 g/mol. The van der Waals surface area contributed by atoms with Crippen LogP contribution in [0.4, 0.5) is 5.69 Å². The summed E-state index contributed by atoms with van der Waals surface area (Å²) in [5.74, 6) is 0.878. The van der Waals surface area contributed by atoms with Crippen molar-refractivity contribution >= 4 is 32.5 Å². The van der Waals surface area contributed by atoms with E-state index in [4.69, 9.17) is 4.74 Å². The van der Waals surface area contributed by atoms with E-state index in [9.17, 15) is 0 Å². The molecule has 0 saturated carbocycles. The number of hydrogen-bond acceptors (Lipinski definition) is 2. The van der Waals surface area contributed by atoms with E-state index >= 15 is 0 Å². The molecule has 5 aromatic rings. The summed E-state index contributed by atoms with van der Waals surface area (Å²) < 4.78 is 9.10. The second-order valence-corrected chi connectivity index (χ2v) is 9.87. The highest BCUT2D eigenvalue weighted by Crippen LogP contribution is 2.45. The lowest BCUT2D eigenvalue weighted by Gasteiger charge is -2.39. The summed E-state index contributed by atoms with van der Waals surface area (Å²) in [6, 6.07) is 36.9. The molecule has 1 aliphatic rings. The first-order valence-corrected chi connectivity index (χ1v) is 12.8. The molecule has 1 aromatic heterocycles. The Labute approximate surface area is 214 Å². The van der Waals surface area contributed by atoms with Crippen molar-refractivity contribution in [3.05, 3.63) is 130 Å². The molecule has 0 saturated heterocycles. The van der Waals surface area contributed by atoms with Crippen LogP contribution in [0, 0.1) is 0 Å². The van der Waals surface area contributed by atoms with E-state index in [0.717, 1.165) is 29.7 Å². The van der Waals surface area contributed by atoms with Crippen molar-refractivity contribution in [1.29, 1.82) is 0 Å². The number of benzene rings is 4. The fourth-order valence-corrected chi connectivity index (χ4v) is 5.99. The summed E-state index contributed by atoms with van der Waals surface area (Å²) in [5.41, 5.74) is 7.95. The first kappa shape index (κ1) is 22.0. The number of aromatic nitrogens is 1. The molecule has 0 radical (unpaired) electrons. The van der Waals surface area contributed by atoms with Gasteiger partial charge in [-0.05, 0) is 47.5 Å². The van der Waals surface area contributed by atoms with Crippen LogP contribution < -0.4 is 9.64 Å². The Morgan fingerprint density at radius 3 is 2.31 bits per heavy atom. The topological polar surface area (TPSA) is 17.4 Å². The van der Waals surface area contributed by atoms with Crippen LogP contribution in [-0.4, -0.2) is 18.2 Å². The molecule has 2 heterocycles. The van der Waals surface area contributed by atoms with Crippen LogP contribution >= 0.6 is 15.9 Å². The first-order chi connectivity index (χ1) is 17.2. The van der Waals surface area contributed by atoms with Crippen molar-refractivity contribution in [3.8, 4) is 5.75 Å². The van der Waals surface area contributed by atoms with Gasteiger partial charge >= 0.3 is 0 Å². The average Bonchev–Trinajstić information content (AvgIpc) is 3.23. The van der Waals surface area contributed by atoms with Gasteiger partial charge in [-0.2, -0.15) is 0 Å². The number of anilines is 1. The summed E-state index contributed by atoms with van der Waals surface area (Å²) in [7, 11) is 1.72. The molecule has 1 unspecified atom stereocenters. The summed E-state index contributed by atoms with van der Waals surface area (Å²) in [6.45, 7) is 1.82. The van der Waals surface area contributed by atoms with Crippen LogP contribution in [0.2, 0.25) is 0 Å². The molecule has 0 bridgehead atoms. The Kier molecular flexibility index (Phi) is 5.83. The molecule has 0 amide bonds. The number of halogens is 1. The maximum Gasteiger partial charge on any atom is 0.119 e. The van der Waals surface area contributed by atoms with Crippen LogP contribution in [-0.2, 0) is 13.0 Å². The van der Waals surface area contributed by atoms with Gasteiger partial charge < -0.3 is 14.2 Å². The van der Waals surface area contributed by atoms with E-state index in [0.29, 0.717) is 0 Å². The second-order valence-electron chi connectivity index (χ2n) is 9.01. The Morgan fingerprint density at radius 1 is 0.829 bits per heavy atom. The number of hydrogen-bond donors (Lipinski definition) is 0. The fraction of sp³-hybridized carbons (Fsp3) is 0.161. The SMILES string of the molecule is COc1ccc(N2CCc3c(c4ccccc4n3Cc3ccccc3)C2c2ccccc2Br)cc1. The Balaban J connectivity index is 1.57. The lowest BCUT2D eigenvalue weighted by atomic mass is 9.89. The highest BCUT2D eigenvalue weighted by atomic mass is 79.9. The molecule has 3 nitrogen and oxygen atoms in total. The summed E-state index contributed by atoms with van der Waals surface area (Å²) in [5, 5.41) is 1.33. The van der Waals surface area contributed by atoms with Gasteiger partial charge in [0.15, 0.2) is 0 Å². The number of nitrogens with zero attached hydrogens (tertiary/aromatic N) is 2. The molecule has 0 aliphatic carbocycles. The van der Waals surface area contributed by atoms with Gasteiger partial charge in [-0.1, -0.05) is 82.7 Å². The van der Waals surface area contributed by atoms with Crippen molar-refractivity contribution in [1.82, 2.24) is 4.57 Å². The summed E-state index contributed by atoms with van der Waals surface area (Å²) in [6.07, 6.45) is 0.990. The van der Waals surface area contributed by atoms with Gasteiger partial charge in [0.1, 0.15) is 5.75 Å². The zero-order chi connectivity index (χ0) is 23.8. The van der Waals surface area contributed by atoms with E-state index in [1.165, 1.54) is 39.0 Å². The van der Waals surface area contributed by atoms with Crippen LogP contribution in [0.1, 0.15) is 28.4 Å². The highest BCUT2D eigenvalue weighted by molar-refractivity contribution is 9.10. The quantitative estimate of drug-likeness (QED) is 0.236. The lowest BCUT2D eigenvalue weighted by Crippen LogP contribution is -2.36. The molecule has 0 N–H and O–H groups in total. The number of methoxy groups -OCH3 is 1. The van der Waals surface area contributed by atoms with E-state index in [2.05, 4.69) is 129 Å². The first-order valence-electron chi connectivity index (χ1n) is 12.0. The lowest BCUT2D eigenvalue weighted by molar-refractivity contribution is 0.414. The van der Waals surface area contributed by atoms with Gasteiger partial charge in [-0.3, -0.25) is 0 Å². The van der Waals surface area contributed by atoms with E-state index in [1.54, 1.807) is 7.11 Å². The molecule has 0 spiro atoms. The number of fused-ring (bicyclic) bond motifs is 3. The minimum absolute atomic E-state index is 0.102. The molecule has 1 aliphatic heterocycles. The van der Waals surface area contributed by atoms with E-state index in [-0.39, 0.29) is 6.04 Å². The maximum absolute atomic E-state index is 5.43. The van der Waals surface area contributed by atoms with Crippen LogP contribution in [0.25, 0.3) is 10.9 Å². The van der Waals surface area contributed by atoms with E-state index < -0.39 is 0 Å². The molecule has 4 heteroatoms. The zero-order valence-electron chi connectivity index (χ0n) is 19.7. The third-order valence-electron chi connectivity index (χ3n) is 7.08. The van der Waals surface area contributed by atoms with Crippen molar-refractivity contribution in [2.45, 2.75) is 19.0 Å². The zero-order valence-corrected chi connectivity index (χ0v) is 21.3. The van der Waals surface area contributed by atoms with Gasteiger partial charge in [0.05, 0.1) is 13.2 Å². The predicted molar refractivity (Wildman–Crippen MR) is 148 cm³/mol. The molecule has 0 fully saturated rings. The molecule has 174 valence electrons. The standard InChI is InChI=1S/C31H27BrN2O/c1-35-24-17-15-23(16-18-24)33-20-19-29-30(31(33)25-11-5-7-13-27(25)32)26-12-6-8-14-28(26)34(29)21-22-9-3-2-4-10-22/h2-18,31H,19-21H2,1H3. The van der Waals surface area contributed by atoms with Gasteiger partial charge in [-0.25, -0.2) is 0 Å². The van der Waals surface area contributed by atoms with Crippen LogP contribution in [0.3, 0.4) is 0 Å². The number of rotatable bonds is 5. The Bertz CT molecular complexity index is 1470. The van der Waals surface area contributed by atoms with Crippen molar-refractivity contribution in [3.63, 3.8) is 0 Å². The largest absolute Gasteiger partial charge is 0.497 e. The summed E-state index contributed by atoms with van der Waals surface area (Å²) >= 11 is 3.88. The van der Waals surface area contributed by atoms with Gasteiger partial charge in [0.25, 0.3) is 0 Å². The fourth-order valence-electron chi connectivity index (χ4n) is 5.49. The van der Waals surface area contributed by atoms with Crippen LogP contribution in [0.5, 0.6) is 5.75 Å². The minimum Gasteiger partial charge on any atom is -0.497 e. The van der Waals surface area contributed by atoms with Crippen molar-refractivity contribution in [2.24, 2.45) is 0 Å². The third-order valence-corrected chi connectivity index (χ3v) is 7.81. The molecule has 35 heavy (non-hydrogen) atoms. The Hall–Kier alpha value is -3.50. The van der Waals surface area contributed by atoms with Crippen molar-refractivity contribution in [2.75, 3.05) is 18.6 Å². The Morgan fingerprint density at radius 2 is 1.54 bits per heavy atom. The summed E-state index contributed by atoms with van der Waals surface area (Å²) in [4.78, 5) is 2.54. The molecular weight excluding hydrogens is 496 g/mol. The molecule has 1 atom stereocenters. The maximum atomic E-state index is 5.43. The number of ether oxygens (including phenoxy) is 1. The average molecular weight is 523 g/mol. The van der Waals surface area contributed by atoms with Gasteiger partial charge in [-0.15, -0.1) is 0 Å². The van der Waals surface area contributed by atoms with E-state index in [1.807, 2.05) is 0 Å². The van der Waals surface area contributed by atoms with Gasteiger partial charge in [0.2, 0.25) is 0 Å². The van der Waals surface area contributed by atoms with Crippen molar-refractivity contribution < 1.29 is 4.74 Å². The molecule has 6 rings (SSSR count). The minimum atomic E-state index is 0.102. The smallest absolute Gasteiger partial charge is 0.119 e.